The molecular weight excluding hydrogens is 488 g/mol. The zero-order chi connectivity index (χ0) is 26.5. The Kier molecular flexibility index (Phi) is 7.79. The number of amides is 1. The first-order valence-electron chi connectivity index (χ1n) is 12.8. The van der Waals surface area contributed by atoms with E-state index in [0.29, 0.717) is 36.7 Å². The molecule has 3 aromatic carbocycles. The summed E-state index contributed by atoms with van der Waals surface area (Å²) in [6.45, 7) is 3.07. The third kappa shape index (κ3) is 5.60. The maximum Gasteiger partial charge on any atom is 0.254 e. The summed E-state index contributed by atoms with van der Waals surface area (Å²) in [5.74, 6) is -0.948. The molecule has 1 aromatic heterocycles. The van der Waals surface area contributed by atoms with Crippen molar-refractivity contribution >= 4 is 5.91 Å². The standard InChI is InChI=1S/C30H29F2N3O3/c1-2-27-25(20-34(19-24-14-9-17-37-24)29(36)21-10-8-11-22(31)18-21)30(38-28-16-7-6-15-26(28)32)35(33-27)23-12-4-3-5-13-23/h3-8,10-13,15-16,18,24H,2,9,14,17,19-20H2,1H3/t24-/m0/s1. The van der Waals surface area contributed by atoms with Crippen LogP contribution in [0.5, 0.6) is 11.6 Å². The molecule has 1 saturated heterocycles. The number of para-hydroxylation sites is 2. The summed E-state index contributed by atoms with van der Waals surface area (Å²) >= 11 is 0. The predicted octanol–water partition coefficient (Wildman–Crippen LogP) is 6.33. The van der Waals surface area contributed by atoms with Crippen LogP contribution < -0.4 is 4.74 Å². The normalized spacial score (nSPS) is 15.0. The molecule has 196 valence electrons. The molecule has 5 rings (SSSR count). The Bertz CT molecular complexity index is 1400. The minimum Gasteiger partial charge on any atom is -0.435 e. The highest BCUT2D eigenvalue weighted by molar-refractivity contribution is 5.94. The topological polar surface area (TPSA) is 56.6 Å². The molecule has 0 unspecified atom stereocenters. The van der Waals surface area contributed by atoms with Gasteiger partial charge in [-0.15, -0.1) is 0 Å². The highest BCUT2D eigenvalue weighted by Crippen LogP contribution is 2.34. The van der Waals surface area contributed by atoms with Gasteiger partial charge in [-0.2, -0.15) is 5.10 Å². The number of ether oxygens (including phenoxy) is 2. The average molecular weight is 518 g/mol. The van der Waals surface area contributed by atoms with E-state index in [4.69, 9.17) is 14.6 Å². The highest BCUT2D eigenvalue weighted by Gasteiger charge is 2.29. The molecule has 6 nitrogen and oxygen atoms in total. The van der Waals surface area contributed by atoms with E-state index < -0.39 is 11.6 Å². The second kappa shape index (κ2) is 11.6. The molecule has 38 heavy (non-hydrogen) atoms. The van der Waals surface area contributed by atoms with Crippen molar-refractivity contribution in [3.63, 3.8) is 0 Å². The van der Waals surface area contributed by atoms with Crippen molar-refractivity contribution in [1.82, 2.24) is 14.7 Å². The summed E-state index contributed by atoms with van der Waals surface area (Å²) < 4.78 is 42.3. The Balaban J connectivity index is 1.59. The van der Waals surface area contributed by atoms with E-state index in [0.717, 1.165) is 18.5 Å². The van der Waals surface area contributed by atoms with Gasteiger partial charge >= 0.3 is 0 Å². The van der Waals surface area contributed by atoms with Crippen LogP contribution in [-0.4, -0.2) is 39.8 Å². The largest absolute Gasteiger partial charge is 0.435 e. The van der Waals surface area contributed by atoms with Gasteiger partial charge in [0.2, 0.25) is 5.88 Å². The lowest BCUT2D eigenvalue weighted by Crippen LogP contribution is -2.37. The molecule has 8 heteroatoms. The van der Waals surface area contributed by atoms with Gasteiger partial charge in [0.15, 0.2) is 11.6 Å². The van der Waals surface area contributed by atoms with E-state index in [-0.39, 0.29) is 29.9 Å². The average Bonchev–Trinajstić information content (AvgIpc) is 3.57. The third-order valence-corrected chi connectivity index (χ3v) is 6.55. The second-order valence-corrected chi connectivity index (χ2v) is 9.19. The van der Waals surface area contributed by atoms with Gasteiger partial charge in [-0.3, -0.25) is 4.79 Å². The Hall–Kier alpha value is -4.04. The minimum absolute atomic E-state index is 0.0515. The monoisotopic (exact) mass is 517 g/mol. The van der Waals surface area contributed by atoms with Gasteiger partial charge in [-0.05, 0) is 61.7 Å². The SMILES string of the molecule is CCc1nn(-c2ccccc2)c(Oc2ccccc2F)c1CN(C[C@@H]1CCCO1)C(=O)c1cccc(F)c1. The first kappa shape index (κ1) is 25.6. The molecule has 1 atom stereocenters. The number of nitrogens with zero attached hydrogens (tertiary/aromatic N) is 3. The summed E-state index contributed by atoms with van der Waals surface area (Å²) in [5.41, 5.74) is 2.35. The number of aromatic nitrogens is 2. The number of carbonyl (C=O) groups is 1. The van der Waals surface area contributed by atoms with Crippen LogP contribution in [0.1, 0.15) is 41.4 Å². The Morgan fingerprint density at radius 2 is 1.87 bits per heavy atom. The number of carbonyl (C=O) groups excluding carboxylic acids is 1. The Morgan fingerprint density at radius 1 is 1.08 bits per heavy atom. The van der Waals surface area contributed by atoms with Crippen LogP contribution in [0, 0.1) is 11.6 Å². The molecule has 0 N–H and O–H groups in total. The maximum atomic E-state index is 14.7. The van der Waals surface area contributed by atoms with Crippen molar-refractivity contribution in [3.05, 3.63) is 107 Å². The van der Waals surface area contributed by atoms with E-state index in [1.54, 1.807) is 33.8 Å². The molecule has 0 spiro atoms. The fraction of sp³-hybridized carbons (Fsp3) is 0.267. The lowest BCUT2D eigenvalue weighted by Gasteiger charge is -2.26. The molecule has 1 fully saturated rings. The summed E-state index contributed by atoms with van der Waals surface area (Å²) in [6, 6.07) is 21.2. The molecule has 0 radical (unpaired) electrons. The highest BCUT2D eigenvalue weighted by atomic mass is 19.1. The van der Waals surface area contributed by atoms with E-state index in [1.807, 2.05) is 37.3 Å². The molecule has 2 heterocycles. The summed E-state index contributed by atoms with van der Waals surface area (Å²) in [6.07, 6.45) is 2.18. The smallest absolute Gasteiger partial charge is 0.254 e. The van der Waals surface area contributed by atoms with Crippen LogP contribution in [0.2, 0.25) is 0 Å². The second-order valence-electron chi connectivity index (χ2n) is 9.19. The van der Waals surface area contributed by atoms with Crippen molar-refractivity contribution in [2.45, 2.75) is 38.8 Å². The van der Waals surface area contributed by atoms with E-state index >= 15 is 0 Å². The molecule has 1 amide bonds. The number of hydrogen-bond acceptors (Lipinski definition) is 4. The van der Waals surface area contributed by atoms with Crippen LogP contribution >= 0.6 is 0 Å². The van der Waals surface area contributed by atoms with Crippen molar-refractivity contribution in [2.24, 2.45) is 0 Å². The fourth-order valence-corrected chi connectivity index (χ4v) is 4.65. The number of halogens is 2. The Labute approximate surface area is 220 Å². The maximum absolute atomic E-state index is 14.7. The van der Waals surface area contributed by atoms with Crippen molar-refractivity contribution in [3.8, 4) is 17.3 Å². The molecule has 4 aromatic rings. The molecule has 1 aliphatic heterocycles. The van der Waals surface area contributed by atoms with E-state index in [1.165, 1.54) is 24.3 Å². The predicted molar refractivity (Wildman–Crippen MR) is 140 cm³/mol. The van der Waals surface area contributed by atoms with Crippen molar-refractivity contribution in [2.75, 3.05) is 13.2 Å². The summed E-state index contributed by atoms with van der Waals surface area (Å²) in [7, 11) is 0. The zero-order valence-corrected chi connectivity index (χ0v) is 21.1. The van der Waals surface area contributed by atoms with Gasteiger partial charge in [0.25, 0.3) is 5.91 Å². The molecule has 0 aliphatic carbocycles. The van der Waals surface area contributed by atoms with Crippen molar-refractivity contribution in [1.29, 1.82) is 0 Å². The summed E-state index contributed by atoms with van der Waals surface area (Å²) in [5, 5.41) is 4.80. The van der Waals surface area contributed by atoms with Gasteiger partial charge in [0.05, 0.1) is 29.6 Å². The minimum atomic E-state index is -0.510. The first-order valence-corrected chi connectivity index (χ1v) is 12.8. The van der Waals surface area contributed by atoms with Gasteiger partial charge < -0.3 is 14.4 Å². The molecule has 0 bridgehead atoms. The molecule has 1 aliphatic rings. The molecular formula is C30H29F2N3O3. The van der Waals surface area contributed by atoms with Crippen LogP contribution in [-0.2, 0) is 17.7 Å². The number of rotatable bonds is 9. The van der Waals surface area contributed by atoms with E-state index in [2.05, 4.69) is 0 Å². The van der Waals surface area contributed by atoms with Gasteiger partial charge in [-0.25, -0.2) is 13.5 Å². The number of hydrogen-bond donors (Lipinski definition) is 0. The van der Waals surface area contributed by atoms with Gasteiger partial charge in [0, 0.05) is 18.7 Å². The van der Waals surface area contributed by atoms with Crippen LogP contribution in [0.15, 0.2) is 78.9 Å². The Morgan fingerprint density at radius 3 is 2.58 bits per heavy atom. The van der Waals surface area contributed by atoms with Crippen LogP contribution in [0.4, 0.5) is 8.78 Å². The molecule has 0 saturated carbocycles. The van der Waals surface area contributed by atoms with Gasteiger partial charge in [-0.1, -0.05) is 43.3 Å². The van der Waals surface area contributed by atoms with Gasteiger partial charge in [0.1, 0.15) is 5.82 Å². The first-order chi connectivity index (χ1) is 18.5. The fourth-order valence-electron chi connectivity index (χ4n) is 4.65. The van der Waals surface area contributed by atoms with Crippen LogP contribution in [0.25, 0.3) is 5.69 Å². The number of aryl methyl sites for hydroxylation is 1. The third-order valence-electron chi connectivity index (χ3n) is 6.55. The lowest BCUT2D eigenvalue weighted by molar-refractivity contribution is 0.0505. The number of benzene rings is 3. The summed E-state index contributed by atoms with van der Waals surface area (Å²) in [4.78, 5) is 15.3. The lowest BCUT2D eigenvalue weighted by atomic mass is 10.1. The van der Waals surface area contributed by atoms with E-state index in [9.17, 15) is 13.6 Å². The van der Waals surface area contributed by atoms with Crippen molar-refractivity contribution < 1.29 is 23.0 Å². The zero-order valence-electron chi connectivity index (χ0n) is 21.1. The quantitative estimate of drug-likeness (QED) is 0.261. The van der Waals surface area contributed by atoms with Crippen LogP contribution in [0.3, 0.4) is 0 Å².